The van der Waals surface area contributed by atoms with Gasteiger partial charge in [-0.3, -0.25) is 15.6 Å². The van der Waals surface area contributed by atoms with E-state index in [1.165, 1.54) is 18.3 Å². The summed E-state index contributed by atoms with van der Waals surface area (Å²) in [5, 5.41) is 9.08. The summed E-state index contributed by atoms with van der Waals surface area (Å²) in [6.07, 6.45) is 1.54. The van der Waals surface area contributed by atoms with Gasteiger partial charge in [-0.25, -0.2) is 9.97 Å². The molecule has 19 heavy (non-hydrogen) atoms. The molecule has 0 fully saturated rings. The van der Waals surface area contributed by atoms with Gasteiger partial charge >= 0.3 is 0 Å². The average Bonchev–Trinajstić information content (AvgIpc) is 2.46. The van der Waals surface area contributed by atoms with Crippen molar-refractivity contribution in [3.8, 4) is 6.07 Å². The highest BCUT2D eigenvalue weighted by molar-refractivity contribution is 6.32. The molecule has 0 aliphatic carbocycles. The summed E-state index contributed by atoms with van der Waals surface area (Å²) < 4.78 is 0. The largest absolute Gasteiger partial charge is 0.288 e. The molecule has 6 nitrogen and oxygen atoms in total. The Balaban J connectivity index is 2.06. The molecule has 0 spiro atoms. The molecule has 94 valence electrons. The standard InChI is InChI=1S/C12H8ClN5O/c13-9-4-2-6-15-11(9)17-18-12(19)10-5-1-3-8(7-14)16-10/h1-6H,(H,15,17)(H,18,19). The lowest BCUT2D eigenvalue weighted by Gasteiger charge is -2.08. The van der Waals surface area contributed by atoms with Gasteiger partial charge in [0, 0.05) is 6.20 Å². The molecule has 7 heteroatoms. The first kappa shape index (κ1) is 12.8. The van der Waals surface area contributed by atoms with Crippen LogP contribution in [-0.4, -0.2) is 15.9 Å². The lowest BCUT2D eigenvalue weighted by atomic mass is 10.3. The molecule has 0 aromatic carbocycles. The molecule has 0 bridgehead atoms. The highest BCUT2D eigenvalue weighted by Gasteiger charge is 2.08. The minimum absolute atomic E-state index is 0.124. The van der Waals surface area contributed by atoms with Crippen LogP contribution in [0.3, 0.4) is 0 Å². The number of hydrogen-bond acceptors (Lipinski definition) is 5. The fourth-order valence-electron chi connectivity index (χ4n) is 1.28. The maximum absolute atomic E-state index is 11.8. The van der Waals surface area contributed by atoms with E-state index in [2.05, 4.69) is 20.8 Å². The van der Waals surface area contributed by atoms with Crippen LogP contribution >= 0.6 is 11.6 Å². The number of rotatable bonds is 3. The fraction of sp³-hybridized carbons (Fsp3) is 0. The Morgan fingerprint density at radius 1 is 1.32 bits per heavy atom. The van der Waals surface area contributed by atoms with Crippen LogP contribution in [0.5, 0.6) is 0 Å². The molecule has 2 aromatic heterocycles. The van der Waals surface area contributed by atoms with Crippen LogP contribution in [0.1, 0.15) is 16.2 Å². The molecule has 0 saturated carbocycles. The number of carbonyl (C=O) groups is 1. The first-order valence-electron chi connectivity index (χ1n) is 5.25. The number of aromatic nitrogens is 2. The number of hydrazine groups is 1. The SMILES string of the molecule is N#Cc1cccc(C(=O)NNc2ncccc2Cl)n1. The third-order valence-corrected chi connectivity index (χ3v) is 2.45. The van der Waals surface area contributed by atoms with Crippen molar-refractivity contribution in [3.63, 3.8) is 0 Å². The van der Waals surface area contributed by atoms with Gasteiger partial charge in [0.1, 0.15) is 17.5 Å². The second kappa shape index (κ2) is 5.80. The zero-order valence-corrected chi connectivity index (χ0v) is 10.3. The number of nitriles is 1. The predicted molar refractivity (Wildman–Crippen MR) is 69.3 cm³/mol. The lowest BCUT2D eigenvalue weighted by molar-refractivity contribution is 0.0957. The minimum atomic E-state index is -0.487. The van der Waals surface area contributed by atoms with Crippen LogP contribution in [0.2, 0.25) is 5.02 Å². The van der Waals surface area contributed by atoms with E-state index < -0.39 is 5.91 Å². The van der Waals surface area contributed by atoms with Gasteiger partial charge in [0.15, 0.2) is 5.82 Å². The van der Waals surface area contributed by atoms with E-state index in [0.717, 1.165) is 0 Å². The van der Waals surface area contributed by atoms with Crippen molar-refractivity contribution >= 4 is 23.3 Å². The molecule has 0 atom stereocenters. The van der Waals surface area contributed by atoms with E-state index in [4.69, 9.17) is 16.9 Å². The molecule has 0 aliphatic rings. The zero-order chi connectivity index (χ0) is 13.7. The molecule has 1 amide bonds. The summed E-state index contributed by atoms with van der Waals surface area (Å²) >= 11 is 5.87. The van der Waals surface area contributed by atoms with E-state index in [-0.39, 0.29) is 11.4 Å². The second-order valence-corrected chi connectivity index (χ2v) is 3.84. The van der Waals surface area contributed by atoms with Crippen molar-refractivity contribution < 1.29 is 4.79 Å². The Kier molecular flexibility index (Phi) is 3.90. The third kappa shape index (κ3) is 3.18. The van der Waals surface area contributed by atoms with Crippen LogP contribution in [-0.2, 0) is 0 Å². The van der Waals surface area contributed by atoms with Crippen LogP contribution in [0.4, 0.5) is 5.82 Å². The predicted octanol–water partition coefficient (Wildman–Crippen LogP) is 1.76. The zero-order valence-electron chi connectivity index (χ0n) is 9.59. The van der Waals surface area contributed by atoms with Gasteiger partial charge in [-0.1, -0.05) is 17.7 Å². The average molecular weight is 274 g/mol. The molecule has 0 radical (unpaired) electrons. The van der Waals surface area contributed by atoms with E-state index >= 15 is 0 Å². The third-order valence-electron chi connectivity index (χ3n) is 2.15. The number of nitrogens with one attached hydrogen (secondary N) is 2. The maximum atomic E-state index is 11.8. The van der Waals surface area contributed by atoms with E-state index in [1.54, 1.807) is 18.2 Å². The van der Waals surface area contributed by atoms with Gasteiger partial charge in [0.2, 0.25) is 0 Å². The van der Waals surface area contributed by atoms with Gasteiger partial charge in [-0.15, -0.1) is 0 Å². The van der Waals surface area contributed by atoms with E-state index in [0.29, 0.717) is 10.8 Å². The number of nitrogens with zero attached hydrogens (tertiary/aromatic N) is 3. The van der Waals surface area contributed by atoms with Gasteiger partial charge in [-0.05, 0) is 24.3 Å². The highest BCUT2D eigenvalue weighted by atomic mass is 35.5. The second-order valence-electron chi connectivity index (χ2n) is 3.43. The summed E-state index contributed by atoms with van der Waals surface area (Å²) in [4.78, 5) is 19.6. The monoisotopic (exact) mass is 273 g/mol. The minimum Gasteiger partial charge on any atom is -0.280 e. The van der Waals surface area contributed by atoms with Crippen LogP contribution in [0.25, 0.3) is 0 Å². The number of amides is 1. The molecule has 2 aromatic rings. The summed E-state index contributed by atoms with van der Waals surface area (Å²) in [5.74, 6) is -0.159. The topological polar surface area (TPSA) is 90.7 Å². The van der Waals surface area contributed by atoms with Crippen molar-refractivity contribution in [2.24, 2.45) is 0 Å². The molecular weight excluding hydrogens is 266 g/mol. The molecule has 0 saturated heterocycles. The van der Waals surface area contributed by atoms with Crippen molar-refractivity contribution in [3.05, 3.63) is 52.9 Å². The summed E-state index contributed by atoms with van der Waals surface area (Å²) in [6, 6.07) is 9.76. The van der Waals surface area contributed by atoms with Crippen molar-refractivity contribution in [1.82, 2.24) is 15.4 Å². The maximum Gasteiger partial charge on any atom is 0.288 e. The molecule has 2 rings (SSSR count). The van der Waals surface area contributed by atoms with Crippen LogP contribution in [0.15, 0.2) is 36.5 Å². The quantitative estimate of drug-likeness (QED) is 0.832. The molecule has 0 unspecified atom stereocenters. The van der Waals surface area contributed by atoms with Gasteiger partial charge in [0.25, 0.3) is 5.91 Å². The van der Waals surface area contributed by atoms with Crippen molar-refractivity contribution in [2.45, 2.75) is 0 Å². The summed E-state index contributed by atoms with van der Waals surface area (Å²) in [5.41, 5.74) is 5.28. The molecule has 2 heterocycles. The Morgan fingerprint density at radius 3 is 2.89 bits per heavy atom. The van der Waals surface area contributed by atoms with Gasteiger partial charge in [-0.2, -0.15) is 5.26 Å². The Labute approximate surface area is 114 Å². The first-order valence-corrected chi connectivity index (χ1v) is 5.62. The van der Waals surface area contributed by atoms with Crippen LogP contribution in [0, 0.1) is 11.3 Å². The van der Waals surface area contributed by atoms with Gasteiger partial charge < -0.3 is 0 Å². The van der Waals surface area contributed by atoms with E-state index in [1.807, 2.05) is 6.07 Å². The van der Waals surface area contributed by atoms with Crippen molar-refractivity contribution in [1.29, 1.82) is 5.26 Å². The summed E-state index contributed by atoms with van der Waals surface area (Å²) in [7, 11) is 0. The Morgan fingerprint density at radius 2 is 2.16 bits per heavy atom. The van der Waals surface area contributed by atoms with Gasteiger partial charge in [0.05, 0.1) is 5.02 Å². The number of pyridine rings is 2. The molecule has 0 aliphatic heterocycles. The number of hydrogen-bond donors (Lipinski definition) is 2. The van der Waals surface area contributed by atoms with E-state index in [9.17, 15) is 4.79 Å². The number of carbonyl (C=O) groups excluding carboxylic acids is 1. The molecular formula is C12H8ClN5O. The smallest absolute Gasteiger partial charge is 0.280 e. The fourth-order valence-corrected chi connectivity index (χ4v) is 1.45. The number of anilines is 1. The van der Waals surface area contributed by atoms with Crippen molar-refractivity contribution in [2.75, 3.05) is 5.43 Å². The molecule has 2 N–H and O–H groups in total. The van der Waals surface area contributed by atoms with Crippen LogP contribution < -0.4 is 10.9 Å². The lowest BCUT2D eigenvalue weighted by Crippen LogP contribution is -2.30. The normalized spacial score (nSPS) is 9.47. The Bertz CT molecular complexity index is 653. The first-order chi connectivity index (χ1) is 9.20. The number of halogens is 1. The highest BCUT2D eigenvalue weighted by Crippen LogP contribution is 2.16. The Hall–Kier alpha value is -2.65. The summed E-state index contributed by atoms with van der Waals surface area (Å²) in [6.45, 7) is 0.